The number of hydrogen-bond donors (Lipinski definition) is 2. The van der Waals surface area contributed by atoms with E-state index >= 15 is 0 Å². The minimum Gasteiger partial charge on any atom is -0.468 e. The summed E-state index contributed by atoms with van der Waals surface area (Å²) in [7, 11) is 3.11. The lowest BCUT2D eigenvalue weighted by Crippen LogP contribution is -2.36. The van der Waals surface area contributed by atoms with Gasteiger partial charge in [0.2, 0.25) is 5.91 Å². The Balaban J connectivity index is 1.96. The minimum atomic E-state index is -0.909. The number of nitrogens with one attached hydrogen (secondary N) is 1. The molecule has 1 amide bonds. The molecular formula is C25H28N4O4S. The molecule has 0 spiro atoms. The fraction of sp³-hybridized carbons (Fsp3) is 0.280. The van der Waals surface area contributed by atoms with Crippen molar-refractivity contribution in [2.75, 3.05) is 18.7 Å². The molecule has 2 aromatic carbocycles. The number of amides is 1. The molecule has 2 atom stereocenters. The second-order valence-electron chi connectivity index (χ2n) is 7.80. The molecule has 3 N–H and O–H groups in total. The van der Waals surface area contributed by atoms with Gasteiger partial charge in [-0.3, -0.25) is 14.4 Å². The van der Waals surface area contributed by atoms with Crippen molar-refractivity contribution in [1.29, 1.82) is 0 Å². The number of carbonyl (C=O) groups excluding carboxylic acids is 3. The largest absolute Gasteiger partial charge is 0.468 e. The first-order valence-electron chi connectivity index (χ1n) is 10.7. The number of rotatable bonds is 10. The van der Waals surface area contributed by atoms with Gasteiger partial charge in [-0.25, -0.2) is 4.98 Å². The number of hydrogen-bond acceptors (Lipinski definition) is 7. The Hall–Kier alpha value is -3.43. The standard InChI is InChI=1S/C25H28N4O4S/c1-29-14-17(27-15-29)12-22(30)28-20-11-7-10-18(23(20)16-8-5-4-6-9-16)24(31)21(34-3)13-19(26)25(32)33-2/h4-11,14-15,19,21H,12-13,26H2,1-3H3,(H,28,30)/t19-,21?/m0/s1. The van der Waals surface area contributed by atoms with E-state index in [4.69, 9.17) is 10.5 Å². The predicted molar refractivity (Wildman–Crippen MR) is 134 cm³/mol. The van der Waals surface area contributed by atoms with Crippen LogP contribution in [0.15, 0.2) is 61.1 Å². The topological polar surface area (TPSA) is 116 Å². The third-order valence-corrected chi connectivity index (χ3v) is 6.29. The highest BCUT2D eigenvalue weighted by Gasteiger charge is 2.28. The van der Waals surface area contributed by atoms with Gasteiger partial charge in [0.15, 0.2) is 5.78 Å². The van der Waals surface area contributed by atoms with E-state index in [1.165, 1.54) is 18.9 Å². The van der Waals surface area contributed by atoms with Crippen molar-refractivity contribution < 1.29 is 19.1 Å². The molecular weight excluding hydrogens is 452 g/mol. The Morgan fingerprint density at radius 3 is 2.50 bits per heavy atom. The van der Waals surface area contributed by atoms with Crippen molar-refractivity contribution in [3.8, 4) is 11.1 Å². The van der Waals surface area contributed by atoms with E-state index in [-0.39, 0.29) is 24.5 Å². The highest BCUT2D eigenvalue weighted by molar-refractivity contribution is 8.00. The number of carbonyl (C=O) groups is 3. The highest BCUT2D eigenvalue weighted by Crippen LogP contribution is 2.34. The number of imidazole rings is 1. The lowest BCUT2D eigenvalue weighted by molar-refractivity contribution is -0.142. The lowest BCUT2D eigenvalue weighted by Gasteiger charge is -2.20. The zero-order valence-electron chi connectivity index (χ0n) is 19.4. The van der Waals surface area contributed by atoms with Crippen molar-refractivity contribution in [2.24, 2.45) is 12.8 Å². The summed E-state index contributed by atoms with van der Waals surface area (Å²) in [6.07, 6.45) is 5.46. The second-order valence-corrected chi connectivity index (χ2v) is 8.84. The maximum Gasteiger partial charge on any atom is 0.322 e. The van der Waals surface area contributed by atoms with Crippen molar-refractivity contribution in [3.05, 3.63) is 72.3 Å². The monoisotopic (exact) mass is 480 g/mol. The number of Topliss-reactive ketones (excluding diaryl/α,β-unsaturated/α-hetero) is 1. The van der Waals surface area contributed by atoms with Crippen LogP contribution < -0.4 is 11.1 Å². The quantitative estimate of drug-likeness (QED) is 0.338. The van der Waals surface area contributed by atoms with Crippen LogP contribution in [0.3, 0.4) is 0 Å². The number of aryl methyl sites for hydroxylation is 1. The number of esters is 1. The summed E-state index contributed by atoms with van der Waals surface area (Å²) < 4.78 is 6.49. The Labute approximate surface area is 202 Å². The first kappa shape index (κ1) is 25.2. The molecule has 0 saturated carbocycles. The normalized spacial score (nSPS) is 12.6. The van der Waals surface area contributed by atoms with E-state index in [1.54, 1.807) is 41.5 Å². The van der Waals surface area contributed by atoms with Gasteiger partial charge in [-0.15, -0.1) is 0 Å². The fourth-order valence-corrected chi connectivity index (χ4v) is 4.40. The smallest absolute Gasteiger partial charge is 0.322 e. The average molecular weight is 481 g/mol. The third-order valence-electron chi connectivity index (χ3n) is 5.32. The Bertz CT molecular complexity index is 1160. The Kier molecular flexibility index (Phi) is 8.61. The summed E-state index contributed by atoms with van der Waals surface area (Å²) in [6, 6.07) is 13.7. The molecule has 3 aromatic rings. The predicted octanol–water partition coefficient (Wildman–Crippen LogP) is 3.07. The van der Waals surface area contributed by atoms with Crippen LogP contribution in [-0.2, 0) is 27.8 Å². The summed E-state index contributed by atoms with van der Waals surface area (Å²) >= 11 is 1.32. The SMILES string of the molecule is COC(=O)[C@@H](N)CC(SC)C(=O)c1cccc(NC(=O)Cc2cn(C)cn2)c1-c1ccccc1. The van der Waals surface area contributed by atoms with E-state index in [0.29, 0.717) is 22.5 Å². The molecule has 9 heteroatoms. The maximum absolute atomic E-state index is 13.6. The van der Waals surface area contributed by atoms with Crippen LogP contribution in [0, 0.1) is 0 Å². The summed E-state index contributed by atoms with van der Waals surface area (Å²) in [5.74, 6) is -0.980. The van der Waals surface area contributed by atoms with E-state index in [0.717, 1.165) is 5.56 Å². The molecule has 34 heavy (non-hydrogen) atoms. The molecule has 0 saturated heterocycles. The van der Waals surface area contributed by atoms with Crippen molar-refractivity contribution in [2.45, 2.75) is 24.1 Å². The molecule has 0 aliphatic heterocycles. The molecule has 3 rings (SSSR count). The van der Waals surface area contributed by atoms with Gasteiger partial charge in [0.1, 0.15) is 6.04 Å². The molecule has 0 radical (unpaired) electrons. The molecule has 0 aliphatic rings. The molecule has 0 fully saturated rings. The summed E-state index contributed by atoms with van der Waals surface area (Å²) in [5.41, 5.74) is 8.95. The van der Waals surface area contributed by atoms with Gasteiger partial charge in [0.25, 0.3) is 0 Å². The molecule has 1 heterocycles. The second kappa shape index (κ2) is 11.6. The van der Waals surface area contributed by atoms with Gasteiger partial charge >= 0.3 is 5.97 Å². The molecule has 1 aromatic heterocycles. The molecule has 8 nitrogen and oxygen atoms in total. The summed E-state index contributed by atoms with van der Waals surface area (Å²) in [6.45, 7) is 0. The van der Waals surface area contributed by atoms with Gasteiger partial charge in [0.05, 0.1) is 30.8 Å². The average Bonchev–Trinajstić information content (AvgIpc) is 3.25. The number of nitrogens with two attached hydrogens (primary N) is 1. The van der Waals surface area contributed by atoms with E-state index in [2.05, 4.69) is 10.3 Å². The highest BCUT2D eigenvalue weighted by atomic mass is 32.2. The molecule has 178 valence electrons. The van der Waals surface area contributed by atoms with Gasteiger partial charge in [0, 0.05) is 30.1 Å². The maximum atomic E-state index is 13.6. The molecule has 0 aliphatic carbocycles. The van der Waals surface area contributed by atoms with Gasteiger partial charge in [-0.2, -0.15) is 11.8 Å². The zero-order chi connectivity index (χ0) is 24.7. The van der Waals surface area contributed by atoms with Crippen LogP contribution in [0.1, 0.15) is 22.5 Å². The Morgan fingerprint density at radius 1 is 1.15 bits per heavy atom. The number of methoxy groups -OCH3 is 1. The summed E-state index contributed by atoms with van der Waals surface area (Å²) in [5, 5.41) is 2.38. The van der Waals surface area contributed by atoms with E-state index < -0.39 is 17.3 Å². The molecule has 1 unspecified atom stereocenters. The number of nitrogens with zero attached hydrogens (tertiary/aromatic N) is 2. The Morgan fingerprint density at radius 2 is 1.88 bits per heavy atom. The number of aromatic nitrogens is 2. The molecule has 0 bridgehead atoms. The van der Waals surface area contributed by atoms with Crippen LogP contribution in [0.25, 0.3) is 11.1 Å². The number of benzene rings is 2. The van der Waals surface area contributed by atoms with Crippen molar-refractivity contribution in [3.63, 3.8) is 0 Å². The number of ketones is 1. The van der Waals surface area contributed by atoms with Gasteiger partial charge < -0.3 is 20.4 Å². The third kappa shape index (κ3) is 6.12. The summed E-state index contributed by atoms with van der Waals surface area (Å²) in [4.78, 5) is 42.4. The van der Waals surface area contributed by atoms with Crippen LogP contribution >= 0.6 is 11.8 Å². The fourth-order valence-electron chi connectivity index (χ4n) is 3.66. The van der Waals surface area contributed by atoms with Crippen LogP contribution in [0.4, 0.5) is 5.69 Å². The van der Waals surface area contributed by atoms with Crippen LogP contribution in [-0.4, -0.2) is 51.9 Å². The van der Waals surface area contributed by atoms with Crippen molar-refractivity contribution >= 4 is 35.1 Å². The zero-order valence-corrected chi connectivity index (χ0v) is 20.2. The first-order chi connectivity index (χ1) is 16.3. The van der Waals surface area contributed by atoms with Crippen molar-refractivity contribution in [1.82, 2.24) is 9.55 Å². The van der Waals surface area contributed by atoms with Crippen LogP contribution in [0.5, 0.6) is 0 Å². The van der Waals surface area contributed by atoms with E-state index in [1.807, 2.05) is 37.4 Å². The first-order valence-corrected chi connectivity index (χ1v) is 12.0. The van der Waals surface area contributed by atoms with Crippen LogP contribution in [0.2, 0.25) is 0 Å². The lowest BCUT2D eigenvalue weighted by atomic mass is 9.92. The number of anilines is 1. The minimum absolute atomic E-state index is 0.106. The number of thioether (sulfide) groups is 1. The van der Waals surface area contributed by atoms with Gasteiger partial charge in [-0.05, 0) is 24.3 Å². The van der Waals surface area contributed by atoms with E-state index in [9.17, 15) is 14.4 Å². The van der Waals surface area contributed by atoms with Gasteiger partial charge in [-0.1, -0.05) is 42.5 Å². The number of ether oxygens (including phenoxy) is 1.